The first-order valence-corrected chi connectivity index (χ1v) is 6.01. The summed E-state index contributed by atoms with van der Waals surface area (Å²) in [7, 11) is 0. The third-order valence-corrected chi connectivity index (χ3v) is 3.15. The van der Waals surface area contributed by atoms with E-state index in [0.29, 0.717) is 12.1 Å². The SMILES string of the molecule is Cc1ccc(C)c(C(O)Cc2cnccc2N)c1. The molecule has 0 saturated carbocycles. The number of aromatic nitrogens is 1. The van der Waals surface area contributed by atoms with Gasteiger partial charge >= 0.3 is 0 Å². The summed E-state index contributed by atoms with van der Waals surface area (Å²) in [5.74, 6) is 0. The van der Waals surface area contributed by atoms with Gasteiger partial charge < -0.3 is 10.8 Å². The minimum Gasteiger partial charge on any atom is -0.398 e. The molecule has 3 nitrogen and oxygen atoms in total. The van der Waals surface area contributed by atoms with Crippen LogP contribution in [-0.2, 0) is 6.42 Å². The van der Waals surface area contributed by atoms with Crippen LogP contribution in [-0.4, -0.2) is 10.1 Å². The van der Waals surface area contributed by atoms with Crippen molar-refractivity contribution in [2.45, 2.75) is 26.4 Å². The lowest BCUT2D eigenvalue weighted by Gasteiger charge is -2.15. The van der Waals surface area contributed by atoms with Crippen molar-refractivity contribution in [1.82, 2.24) is 4.98 Å². The molecule has 94 valence electrons. The standard InChI is InChI=1S/C15H18N2O/c1-10-3-4-11(2)13(7-10)15(18)8-12-9-17-6-5-14(12)16/h3-7,9,15,18H,8H2,1-2H3,(H2,16,17). The lowest BCUT2D eigenvalue weighted by atomic mass is 9.96. The fourth-order valence-corrected chi connectivity index (χ4v) is 2.05. The molecule has 3 heteroatoms. The Balaban J connectivity index is 2.25. The van der Waals surface area contributed by atoms with E-state index >= 15 is 0 Å². The minimum atomic E-state index is -0.545. The highest BCUT2D eigenvalue weighted by atomic mass is 16.3. The summed E-state index contributed by atoms with van der Waals surface area (Å²) < 4.78 is 0. The second kappa shape index (κ2) is 5.19. The summed E-state index contributed by atoms with van der Waals surface area (Å²) in [4.78, 5) is 4.04. The van der Waals surface area contributed by atoms with Crippen LogP contribution in [0.25, 0.3) is 0 Å². The number of aryl methyl sites for hydroxylation is 2. The molecule has 1 unspecified atom stereocenters. The van der Waals surface area contributed by atoms with Crippen molar-refractivity contribution >= 4 is 5.69 Å². The van der Waals surface area contributed by atoms with E-state index in [1.807, 2.05) is 32.0 Å². The number of nitrogens with zero attached hydrogens (tertiary/aromatic N) is 1. The van der Waals surface area contributed by atoms with E-state index in [9.17, 15) is 5.11 Å². The van der Waals surface area contributed by atoms with Crippen LogP contribution < -0.4 is 5.73 Å². The molecular formula is C15H18N2O. The first kappa shape index (κ1) is 12.6. The molecule has 1 aromatic heterocycles. The van der Waals surface area contributed by atoms with Crippen molar-refractivity contribution in [3.63, 3.8) is 0 Å². The Bertz CT molecular complexity index is 552. The van der Waals surface area contributed by atoms with Gasteiger partial charge in [0.2, 0.25) is 0 Å². The van der Waals surface area contributed by atoms with E-state index in [1.165, 1.54) is 0 Å². The first-order valence-electron chi connectivity index (χ1n) is 6.01. The summed E-state index contributed by atoms with van der Waals surface area (Å²) in [6.07, 6.45) is 3.31. The molecule has 1 atom stereocenters. The van der Waals surface area contributed by atoms with Crippen molar-refractivity contribution in [2.24, 2.45) is 0 Å². The average molecular weight is 242 g/mol. The van der Waals surface area contributed by atoms with Gasteiger partial charge in [-0.1, -0.05) is 23.8 Å². The number of nitrogens with two attached hydrogens (primary N) is 1. The number of pyridine rings is 1. The molecule has 0 fully saturated rings. The van der Waals surface area contributed by atoms with Gasteiger partial charge in [-0.2, -0.15) is 0 Å². The zero-order chi connectivity index (χ0) is 13.1. The number of benzene rings is 1. The van der Waals surface area contributed by atoms with Gasteiger partial charge in [0, 0.05) is 24.5 Å². The van der Waals surface area contributed by atoms with E-state index in [-0.39, 0.29) is 0 Å². The van der Waals surface area contributed by atoms with Gasteiger partial charge in [-0.15, -0.1) is 0 Å². The number of anilines is 1. The minimum absolute atomic E-state index is 0.490. The van der Waals surface area contributed by atoms with E-state index in [4.69, 9.17) is 5.73 Å². The van der Waals surface area contributed by atoms with Crippen LogP contribution in [0.2, 0.25) is 0 Å². The van der Waals surface area contributed by atoms with Gasteiger partial charge in [0.25, 0.3) is 0 Å². The molecule has 18 heavy (non-hydrogen) atoms. The molecule has 1 aromatic carbocycles. The molecule has 0 radical (unpaired) electrons. The normalized spacial score (nSPS) is 12.4. The Labute approximate surface area is 107 Å². The van der Waals surface area contributed by atoms with Gasteiger partial charge in [0.05, 0.1) is 6.10 Å². The Morgan fingerprint density at radius 2 is 2.06 bits per heavy atom. The highest BCUT2D eigenvalue weighted by Gasteiger charge is 2.13. The van der Waals surface area contributed by atoms with E-state index in [1.54, 1.807) is 18.5 Å². The summed E-state index contributed by atoms with van der Waals surface area (Å²) in [5, 5.41) is 10.3. The topological polar surface area (TPSA) is 59.1 Å². The van der Waals surface area contributed by atoms with Gasteiger partial charge in [0.1, 0.15) is 0 Å². The van der Waals surface area contributed by atoms with Crippen molar-refractivity contribution in [3.8, 4) is 0 Å². The lowest BCUT2D eigenvalue weighted by Crippen LogP contribution is -2.06. The maximum absolute atomic E-state index is 10.3. The first-order chi connectivity index (χ1) is 8.58. The third-order valence-electron chi connectivity index (χ3n) is 3.15. The maximum Gasteiger partial charge on any atom is 0.0834 e. The molecule has 0 aliphatic heterocycles. The highest BCUT2D eigenvalue weighted by molar-refractivity contribution is 5.45. The summed E-state index contributed by atoms with van der Waals surface area (Å²) in [5.41, 5.74) is 10.6. The fourth-order valence-electron chi connectivity index (χ4n) is 2.05. The molecule has 0 aliphatic rings. The van der Waals surface area contributed by atoms with Gasteiger partial charge in [-0.05, 0) is 36.6 Å². The number of hydrogen-bond donors (Lipinski definition) is 2. The number of nitrogen functional groups attached to an aromatic ring is 1. The Morgan fingerprint density at radius 3 is 2.78 bits per heavy atom. The molecule has 0 bridgehead atoms. The van der Waals surface area contributed by atoms with E-state index in [2.05, 4.69) is 4.98 Å². The van der Waals surface area contributed by atoms with Crippen molar-refractivity contribution < 1.29 is 5.11 Å². The van der Waals surface area contributed by atoms with Gasteiger partial charge in [-0.25, -0.2) is 0 Å². The smallest absolute Gasteiger partial charge is 0.0834 e. The van der Waals surface area contributed by atoms with E-state index in [0.717, 1.165) is 22.3 Å². The van der Waals surface area contributed by atoms with Crippen molar-refractivity contribution in [3.05, 3.63) is 58.9 Å². The quantitative estimate of drug-likeness (QED) is 0.869. The van der Waals surface area contributed by atoms with Crippen molar-refractivity contribution in [1.29, 1.82) is 0 Å². The predicted molar refractivity (Wildman–Crippen MR) is 73.2 cm³/mol. The lowest BCUT2D eigenvalue weighted by molar-refractivity contribution is 0.177. The number of rotatable bonds is 3. The van der Waals surface area contributed by atoms with Crippen LogP contribution in [0.1, 0.15) is 28.4 Å². The molecule has 3 N–H and O–H groups in total. The summed E-state index contributed by atoms with van der Waals surface area (Å²) in [6.45, 7) is 4.03. The second-order valence-electron chi connectivity index (χ2n) is 4.65. The average Bonchev–Trinajstić information content (AvgIpc) is 2.35. The Hall–Kier alpha value is -1.87. The third kappa shape index (κ3) is 2.68. The fraction of sp³-hybridized carbons (Fsp3) is 0.267. The Kier molecular flexibility index (Phi) is 3.63. The van der Waals surface area contributed by atoms with Crippen LogP contribution in [0.3, 0.4) is 0 Å². The summed E-state index contributed by atoms with van der Waals surface area (Å²) in [6, 6.07) is 7.85. The molecule has 0 amide bonds. The van der Waals surface area contributed by atoms with Gasteiger partial charge in [-0.3, -0.25) is 4.98 Å². The van der Waals surface area contributed by atoms with Crippen LogP contribution in [0.15, 0.2) is 36.7 Å². The molecule has 0 saturated heterocycles. The van der Waals surface area contributed by atoms with Crippen LogP contribution in [0.4, 0.5) is 5.69 Å². The highest BCUT2D eigenvalue weighted by Crippen LogP contribution is 2.24. The van der Waals surface area contributed by atoms with Gasteiger partial charge in [0.15, 0.2) is 0 Å². The molecule has 2 aromatic rings. The molecule has 1 heterocycles. The second-order valence-corrected chi connectivity index (χ2v) is 4.65. The zero-order valence-corrected chi connectivity index (χ0v) is 10.7. The van der Waals surface area contributed by atoms with Crippen LogP contribution >= 0.6 is 0 Å². The van der Waals surface area contributed by atoms with Crippen LogP contribution in [0, 0.1) is 13.8 Å². The molecule has 2 rings (SSSR count). The number of hydrogen-bond acceptors (Lipinski definition) is 3. The number of aliphatic hydroxyl groups is 1. The zero-order valence-electron chi connectivity index (χ0n) is 10.7. The molecule has 0 spiro atoms. The monoisotopic (exact) mass is 242 g/mol. The Morgan fingerprint density at radius 1 is 1.28 bits per heavy atom. The van der Waals surface area contributed by atoms with E-state index < -0.39 is 6.10 Å². The molecule has 0 aliphatic carbocycles. The molecular weight excluding hydrogens is 224 g/mol. The van der Waals surface area contributed by atoms with Crippen molar-refractivity contribution in [2.75, 3.05) is 5.73 Å². The maximum atomic E-state index is 10.3. The van der Waals surface area contributed by atoms with Crippen LogP contribution in [0.5, 0.6) is 0 Å². The summed E-state index contributed by atoms with van der Waals surface area (Å²) >= 11 is 0. The number of aliphatic hydroxyl groups excluding tert-OH is 1. The largest absolute Gasteiger partial charge is 0.398 e. The predicted octanol–water partition coefficient (Wildman–Crippen LogP) is 2.56.